The van der Waals surface area contributed by atoms with Crippen LogP contribution in [0, 0.1) is 6.92 Å². The van der Waals surface area contributed by atoms with Crippen molar-refractivity contribution in [3.05, 3.63) is 51.4 Å². The molecule has 1 aliphatic rings. The molecule has 1 amide bonds. The minimum atomic E-state index is -4.49. The lowest BCUT2D eigenvalue weighted by atomic mass is 10.1. The van der Waals surface area contributed by atoms with Crippen molar-refractivity contribution in [2.75, 3.05) is 32.9 Å². The Morgan fingerprint density at radius 3 is 2.40 bits per heavy atom. The molecule has 30 heavy (non-hydrogen) atoms. The van der Waals surface area contributed by atoms with Crippen LogP contribution in [0.15, 0.2) is 29.1 Å². The van der Waals surface area contributed by atoms with Gasteiger partial charge in [-0.2, -0.15) is 13.2 Å². The first-order valence-electron chi connectivity index (χ1n) is 9.46. The Hall–Kier alpha value is -2.72. The molecule has 1 aliphatic heterocycles. The zero-order valence-corrected chi connectivity index (χ0v) is 16.4. The maximum atomic E-state index is 13.1. The van der Waals surface area contributed by atoms with Gasteiger partial charge in [0.15, 0.2) is 0 Å². The Bertz CT molecular complexity index is 965. The zero-order valence-electron chi connectivity index (χ0n) is 16.4. The first-order chi connectivity index (χ1) is 14.2. The lowest BCUT2D eigenvalue weighted by Gasteiger charge is -2.27. The number of hydrogen-bond donors (Lipinski definition) is 1. The number of morpholine rings is 1. The van der Waals surface area contributed by atoms with Crippen LogP contribution in [-0.2, 0) is 28.7 Å². The number of halogens is 3. The van der Waals surface area contributed by atoms with Crippen LogP contribution in [0.2, 0.25) is 0 Å². The Kier molecular flexibility index (Phi) is 6.57. The standard InChI is InChI=1S/C20H22F3N3O4/c1-13-16(6-9-27)19(29)26(12-17(28)25-7-10-30-11-8-25)18(24-13)14-2-4-15(5-3-14)20(21,22)23/h2-5,27H,6-12H2,1H3. The highest BCUT2D eigenvalue weighted by Gasteiger charge is 2.30. The van der Waals surface area contributed by atoms with Crippen molar-refractivity contribution in [3.63, 3.8) is 0 Å². The van der Waals surface area contributed by atoms with Crippen molar-refractivity contribution >= 4 is 5.91 Å². The molecule has 0 unspecified atom stereocenters. The Labute approximate surface area is 170 Å². The first-order valence-corrected chi connectivity index (χ1v) is 9.46. The van der Waals surface area contributed by atoms with E-state index in [1.807, 2.05) is 0 Å². The third kappa shape index (κ3) is 4.71. The van der Waals surface area contributed by atoms with E-state index in [0.29, 0.717) is 32.0 Å². The van der Waals surface area contributed by atoms with Crippen LogP contribution < -0.4 is 5.56 Å². The van der Waals surface area contributed by atoms with Gasteiger partial charge in [0.2, 0.25) is 5.91 Å². The van der Waals surface area contributed by atoms with Gasteiger partial charge in [-0.25, -0.2) is 4.98 Å². The van der Waals surface area contributed by atoms with E-state index in [9.17, 15) is 27.9 Å². The molecule has 0 radical (unpaired) electrons. The third-order valence-corrected chi connectivity index (χ3v) is 4.96. The molecule has 1 saturated heterocycles. The maximum Gasteiger partial charge on any atom is 0.416 e. The van der Waals surface area contributed by atoms with Crippen LogP contribution >= 0.6 is 0 Å². The van der Waals surface area contributed by atoms with E-state index in [1.54, 1.807) is 11.8 Å². The maximum absolute atomic E-state index is 13.1. The van der Waals surface area contributed by atoms with Crippen LogP contribution in [0.3, 0.4) is 0 Å². The summed E-state index contributed by atoms with van der Waals surface area (Å²) in [5, 5.41) is 9.27. The summed E-state index contributed by atoms with van der Waals surface area (Å²) >= 11 is 0. The van der Waals surface area contributed by atoms with Gasteiger partial charge in [-0.05, 0) is 19.1 Å². The molecule has 10 heteroatoms. The molecule has 0 atom stereocenters. The molecule has 2 aromatic rings. The van der Waals surface area contributed by atoms with Crippen molar-refractivity contribution in [1.29, 1.82) is 0 Å². The molecule has 0 spiro atoms. The van der Waals surface area contributed by atoms with Crippen molar-refractivity contribution in [3.8, 4) is 11.4 Å². The van der Waals surface area contributed by atoms with Crippen LogP contribution in [0.4, 0.5) is 13.2 Å². The predicted molar refractivity (Wildman–Crippen MR) is 102 cm³/mol. The highest BCUT2D eigenvalue weighted by Crippen LogP contribution is 2.30. The number of benzene rings is 1. The highest BCUT2D eigenvalue weighted by molar-refractivity contribution is 5.77. The van der Waals surface area contributed by atoms with Crippen molar-refractivity contribution in [1.82, 2.24) is 14.5 Å². The number of aliphatic hydroxyl groups excluding tert-OH is 1. The second-order valence-electron chi connectivity index (χ2n) is 6.93. The number of aryl methyl sites for hydroxylation is 1. The van der Waals surface area contributed by atoms with Gasteiger partial charge in [0.05, 0.1) is 18.8 Å². The van der Waals surface area contributed by atoms with E-state index in [0.717, 1.165) is 12.1 Å². The molecule has 1 N–H and O–H groups in total. The average molecular weight is 425 g/mol. The van der Waals surface area contributed by atoms with Gasteiger partial charge >= 0.3 is 6.18 Å². The Morgan fingerprint density at radius 2 is 1.83 bits per heavy atom. The highest BCUT2D eigenvalue weighted by atomic mass is 19.4. The molecule has 1 aromatic carbocycles. The summed E-state index contributed by atoms with van der Waals surface area (Å²) in [5.74, 6) is -0.205. The third-order valence-electron chi connectivity index (χ3n) is 4.96. The molecule has 1 aromatic heterocycles. The number of nitrogens with zero attached hydrogens (tertiary/aromatic N) is 3. The largest absolute Gasteiger partial charge is 0.416 e. The normalized spacial score (nSPS) is 14.8. The van der Waals surface area contributed by atoms with Crippen LogP contribution in [0.5, 0.6) is 0 Å². The number of alkyl halides is 3. The average Bonchev–Trinajstić information content (AvgIpc) is 2.73. The van der Waals surface area contributed by atoms with Crippen LogP contribution in [-0.4, -0.2) is 58.4 Å². The molecule has 0 aliphatic carbocycles. The number of aromatic nitrogens is 2. The summed E-state index contributed by atoms with van der Waals surface area (Å²) in [5.41, 5.74) is -0.401. The molecule has 7 nitrogen and oxygen atoms in total. The van der Waals surface area contributed by atoms with Crippen molar-refractivity contribution in [2.24, 2.45) is 0 Å². The zero-order chi connectivity index (χ0) is 21.9. The lowest BCUT2D eigenvalue weighted by Crippen LogP contribution is -2.44. The first kappa shape index (κ1) is 22.0. The van der Waals surface area contributed by atoms with Crippen LogP contribution in [0.1, 0.15) is 16.8 Å². The van der Waals surface area contributed by atoms with E-state index < -0.39 is 17.3 Å². The number of ether oxygens (including phenoxy) is 1. The molecule has 1 fully saturated rings. The minimum Gasteiger partial charge on any atom is -0.396 e. The molecule has 3 rings (SSSR count). The fourth-order valence-corrected chi connectivity index (χ4v) is 3.32. The van der Waals surface area contributed by atoms with Gasteiger partial charge in [-0.3, -0.25) is 14.2 Å². The van der Waals surface area contributed by atoms with E-state index >= 15 is 0 Å². The molecular weight excluding hydrogens is 403 g/mol. The Morgan fingerprint density at radius 1 is 1.20 bits per heavy atom. The number of amides is 1. The molecule has 0 saturated carbocycles. The second kappa shape index (κ2) is 8.97. The van der Waals surface area contributed by atoms with E-state index in [1.165, 1.54) is 16.7 Å². The van der Waals surface area contributed by atoms with Gasteiger partial charge < -0.3 is 14.7 Å². The summed E-state index contributed by atoms with van der Waals surface area (Å²) in [6.45, 7) is 2.60. The fourth-order valence-electron chi connectivity index (χ4n) is 3.32. The van der Waals surface area contributed by atoms with Gasteiger partial charge in [0, 0.05) is 42.9 Å². The Balaban J connectivity index is 2.05. The van der Waals surface area contributed by atoms with E-state index in [-0.39, 0.29) is 42.4 Å². The smallest absolute Gasteiger partial charge is 0.396 e. The molecular formula is C20H22F3N3O4. The summed E-state index contributed by atoms with van der Waals surface area (Å²) in [7, 11) is 0. The van der Waals surface area contributed by atoms with Gasteiger partial charge in [0.1, 0.15) is 12.4 Å². The van der Waals surface area contributed by atoms with Gasteiger partial charge in [0.25, 0.3) is 5.56 Å². The quantitative estimate of drug-likeness (QED) is 0.787. The predicted octanol–water partition coefficient (Wildman–Crippen LogP) is 1.63. The van der Waals surface area contributed by atoms with Gasteiger partial charge in [-0.1, -0.05) is 12.1 Å². The summed E-state index contributed by atoms with van der Waals surface area (Å²) in [6.07, 6.45) is -4.42. The van der Waals surface area contributed by atoms with E-state index in [4.69, 9.17) is 4.74 Å². The number of aliphatic hydroxyl groups is 1. The summed E-state index contributed by atoms with van der Waals surface area (Å²) in [4.78, 5) is 31.7. The molecule has 0 bridgehead atoms. The van der Waals surface area contributed by atoms with Gasteiger partial charge in [-0.15, -0.1) is 0 Å². The molecule has 2 heterocycles. The molecule has 162 valence electrons. The summed E-state index contributed by atoms with van der Waals surface area (Å²) < 4.78 is 45.1. The topological polar surface area (TPSA) is 84.7 Å². The number of carbonyl (C=O) groups excluding carboxylic acids is 1. The SMILES string of the molecule is Cc1nc(-c2ccc(C(F)(F)F)cc2)n(CC(=O)N2CCOCC2)c(=O)c1CCO. The monoisotopic (exact) mass is 425 g/mol. The number of rotatable bonds is 5. The van der Waals surface area contributed by atoms with Crippen LogP contribution in [0.25, 0.3) is 11.4 Å². The lowest BCUT2D eigenvalue weighted by molar-refractivity contribution is -0.137. The van der Waals surface area contributed by atoms with E-state index in [2.05, 4.69) is 4.98 Å². The minimum absolute atomic E-state index is 0.0662. The van der Waals surface area contributed by atoms with Crippen molar-refractivity contribution in [2.45, 2.75) is 26.1 Å². The fraction of sp³-hybridized carbons (Fsp3) is 0.450. The number of carbonyl (C=O) groups is 1. The summed E-state index contributed by atoms with van der Waals surface area (Å²) in [6, 6.07) is 4.27. The second-order valence-corrected chi connectivity index (χ2v) is 6.93. The number of hydrogen-bond acceptors (Lipinski definition) is 5. The van der Waals surface area contributed by atoms with Crippen molar-refractivity contribution < 1.29 is 27.8 Å².